The lowest BCUT2D eigenvalue weighted by atomic mass is 9.91. The summed E-state index contributed by atoms with van der Waals surface area (Å²) in [6.07, 6.45) is 1.88. The van der Waals surface area contributed by atoms with Crippen LogP contribution < -0.4 is 31.7 Å². The number of piperidine rings is 1. The van der Waals surface area contributed by atoms with Crippen LogP contribution in [0.15, 0.2) is 85.2 Å². The number of likely N-dealkylation sites (tertiary alicyclic amines) is 1. The van der Waals surface area contributed by atoms with Gasteiger partial charge in [0.2, 0.25) is 24.0 Å². The zero-order valence-corrected chi connectivity index (χ0v) is 38.4. The zero-order chi connectivity index (χ0) is 51.0. The van der Waals surface area contributed by atoms with Gasteiger partial charge >= 0.3 is 12.1 Å². The average Bonchev–Trinajstić information content (AvgIpc) is 3.69. The summed E-state index contributed by atoms with van der Waals surface area (Å²) in [5.74, 6) is -4.76. The van der Waals surface area contributed by atoms with E-state index in [9.17, 15) is 58.8 Å². The SMILES string of the molecule is NC[C@@H](C(=O)NCCC(=O)Nc1cc(COC(=O)Nc2cccc(C(=O)N3CCC(CCCCNC(=O)/C=C/c4cccnc4)CC3)c2)ccc1O[C@@H]1O[C@H](C(=O)O)[C@@H](O)[C@H](O)[C@H]1O)N1C(=O)C=CC1=O. The molecule has 2 aromatic carbocycles. The summed E-state index contributed by atoms with van der Waals surface area (Å²) in [5, 5.41) is 51.0. The Bertz CT molecular complexity index is 2460. The normalized spacial score (nSPS) is 20.6. The molecular weight excluding hydrogens is 929 g/mol. The fourth-order valence-electron chi connectivity index (χ4n) is 7.94. The van der Waals surface area contributed by atoms with E-state index >= 15 is 0 Å². The Kier molecular flexibility index (Phi) is 18.8. The van der Waals surface area contributed by atoms with Crippen LogP contribution in [0.5, 0.6) is 5.75 Å². The van der Waals surface area contributed by atoms with Gasteiger partial charge in [0.15, 0.2) is 6.10 Å². The topological polar surface area (TPSA) is 339 Å². The Labute approximate surface area is 407 Å². The molecule has 0 saturated carbocycles. The lowest BCUT2D eigenvalue weighted by molar-refractivity contribution is -0.271. The number of nitrogens with two attached hydrogens (primary N) is 1. The smallest absolute Gasteiger partial charge is 0.411 e. The van der Waals surface area contributed by atoms with Crippen molar-refractivity contribution in [1.82, 2.24) is 25.4 Å². The van der Waals surface area contributed by atoms with Crippen LogP contribution in [0.3, 0.4) is 0 Å². The van der Waals surface area contributed by atoms with Crippen LogP contribution in [0.4, 0.5) is 16.2 Å². The first-order valence-electron chi connectivity index (χ1n) is 22.9. The number of nitrogens with one attached hydrogen (secondary N) is 4. The van der Waals surface area contributed by atoms with Crippen LogP contribution in [-0.4, -0.2) is 152 Å². The summed E-state index contributed by atoms with van der Waals surface area (Å²) in [5.41, 5.74) is 7.31. The molecule has 7 amide bonds. The van der Waals surface area contributed by atoms with E-state index in [0.717, 1.165) is 49.8 Å². The highest BCUT2D eigenvalue weighted by Crippen LogP contribution is 2.32. The fourth-order valence-corrected chi connectivity index (χ4v) is 7.94. The maximum Gasteiger partial charge on any atom is 0.411 e. The van der Waals surface area contributed by atoms with Crippen molar-refractivity contribution in [2.75, 3.05) is 43.4 Å². The summed E-state index contributed by atoms with van der Waals surface area (Å²) in [7, 11) is 0. The summed E-state index contributed by atoms with van der Waals surface area (Å²) < 4.78 is 16.4. The number of carboxylic acid groups (broad SMARTS) is 1. The van der Waals surface area contributed by atoms with Crippen LogP contribution in [0, 0.1) is 5.92 Å². The number of aliphatic hydroxyl groups excluding tert-OH is 3. The number of amides is 7. The number of hydrogen-bond acceptors (Lipinski definition) is 16. The van der Waals surface area contributed by atoms with Gasteiger partial charge in [-0.15, -0.1) is 0 Å². The lowest BCUT2D eigenvalue weighted by Gasteiger charge is -2.38. The molecule has 71 heavy (non-hydrogen) atoms. The molecule has 378 valence electrons. The number of carbonyl (C=O) groups is 8. The second-order valence-corrected chi connectivity index (χ2v) is 16.8. The van der Waals surface area contributed by atoms with E-state index in [1.165, 1.54) is 30.3 Å². The van der Waals surface area contributed by atoms with Crippen LogP contribution in [0.1, 0.15) is 60.0 Å². The molecule has 2 saturated heterocycles. The van der Waals surface area contributed by atoms with E-state index in [4.69, 9.17) is 19.9 Å². The number of anilines is 2. The average molecular weight is 985 g/mol. The number of hydrogen-bond donors (Lipinski definition) is 9. The molecule has 10 N–H and O–H groups in total. The third kappa shape index (κ3) is 14.7. The molecule has 6 rings (SSSR count). The van der Waals surface area contributed by atoms with E-state index in [2.05, 4.69) is 26.3 Å². The standard InChI is InChI=1S/C48H56N8O15/c49-25-34(56-38(59)13-14-39(56)60)44(64)52-20-15-37(58)54-33-23-30(9-11-35(33)70-47-42(63)40(61)41(62)43(71-47)46(66)67)27-69-48(68)53-32-8-3-7-31(24-32)45(65)55-21-16-28(17-22-55)5-1-2-19-51-36(57)12-10-29-6-4-18-50-26-29/h3-4,6-14,18,23-24,26,28,34,40-43,47,61-63H,1-2,5,15-17,19-22,25,27,49H2,(H,51,57)(H,52,64)(H,53,68)(H,54,58)(H,66,67)/b12-10+/t34-,40-,41-,42+,43-,47+/m0/s1. The van der Waals surface area contributed by atoms with E-state index in [1.807, 2.05) is 6.07 Å². The Hall–Kier alpha value is -7.57. The molecule has 0 unspecified atom stereocenters. The van der Waals surface area contributed by atoms with Crippen LogP contribution in [-0.2, 0) is 44.8 Å². The number of aromatic nitrogens is 1. The third-order valence-corrected chi connectivity index (χ3v) is 11.8. The molecule has 6 atom stereocenters. The molecule has 1 aromatic heterocycles. The van der Waals surface area contributed by atoms with E-state index in [-0.39, 0.29) is 60.6 Å². The van der Waals surface area contributed by atoms with Crippen molar-refractivity contribution >= 4 is 65.0 Å². The van der Waals surface area contributed by atoms with Gasteiger partial charge in [-0.1, -0.05) is 31.0 Å². The third-order valence-electron chi connectivity index (χ3n) is 11.8. The number of carbonyl (C=O) groups excluding carboxylic acids is 7. The molecule has 2 fully saturated rings. The van der Waals surface area contributed by atoms with Gasteiger partial charge in [-0.2, -0.15) is 0 Å². The number of pyridine rings is 1. The molecule has 23 heteroatoms. The summed E-state index contributed by atoms with van der Waals surface area (Å²) in [4.78, 5) is 107. The van der Waals surface area contributed by atoms with Crippen molar-refractivity contribution in [3.63, 3.8) is 0 Å². The molecule has 3 aliphatic heterocycles. The first kappa shape index (κ1) is 52.8. The molecule has 23 nitrogen and oxygen atoms in total. The van der Waals surface area contributed by atoms with Gasteiger partial charge < -0.3 is 61.2 Å². The number of rotatable bonds is 21. The van der Waals surface area contributed by atoms with E-state index < -0.39 is 72.4 Å². The maximum atomic E-state index is 13.5. The molecule has 3 aromatic rings. The predicted molar refractivity (Wildman–Crippen MR) is 250 cm³/mol. The number of unbranched alkanes of at least 4 members (excludes halogenated alkanes) is 1. The van der Waals surface area contributed by atoms with E-state index in [0.29, 0.717) is 36.0 Å². The molecule has 4 heterocycles. The van der Waals surface area contributed by atoms with Crippen molar-refractivity contribution in [2.24, 2.45) is 11.7 Å². The van der Waals surface area contributed by atoms with Crippen LogP contribution in [0.25, 0.3) is 6.08 Å². The highest BCUT2D eigenvalue weighted by atomic mass is 16.7. The summed E-state index contributed by atoms with van der Waals surface area (Å²) in [6.45, 7) is 0.654. The largest absolute Gasteiger partial charge is 0.479 e. The number of imide groups is 1. The van der Waals surface area contributed by atoms with Crippen molar-refractivity contribution in [3.8, 4) is 5.75 Å². The molecule has 0 bridgehead atoms. The molecule has 0 spiro atoms. The Balaban J connectivity index is 0.995. The van der Waals surface area contributed by atoms with Crippen molar-refractivity contribution < 1.29 is 73.0 Å². The van der Waals surface area contributed by atoms with Gasteiger partial charge in [-0.3, -0.25) is 44.0 Å². The second-order valence-electron chi connectivity index (χ2n) is 16.8. The van der Waals surface area contributed by atoms with Gasteiger partial charge in [0.05, 0.1) is 5.69 Å². The quantitative estimate of drug-likeness (QED) is 0.0402. The minimum atomic E-state index is -2.01. The minimum absolute atomic E-state index is 0.118. The summed E-state index contributed by atoms with van der Waals surface area (Å²) in [6, 6.07) is 12.7. The van der Waals surface area contributed by atoms with Gasteiger partial charge in [0.25, 0.3) is 17.7 Å². The maximum absolute atomic E-state index is 13.5. The highest BCUT2D eigenvalue weighted by Gasteiger charge is 2.48. The zero-order valence-electron chi connectivity index (χ0n) is 38.4. The fraction of sp³-hybridized carbons (Fsp3) is 0.396. The van der Waals surface area contributed by atoms with Crippen molar-refractivity contribution in [1.29, 1.82) is 0 Å². The number of benzene rings is 2. The number of carboxylic acids is 1. The lowest BCUT2D eigenvalue weighted by Crippen LogP contribution is -2.61. The Morgan fingerprint density at radius 3 is 2.35 bits per heavy atom. The summed E-state index contributed by atoms with van der Waals surface area (Å²) >= 11 is 0. The minimum Gasteiger partial charge on any atom is -0.479 e. The Morgan fingerprint density at radius 1 is 0.887 bits per heavy atom. The van der Waals surface area contributed by atoms with Gasteiger partial charge in [0.1, 0.15) is 36.7 Å². The van der Waals surface area contributed by atoms with Gasteiger partial charge in [-0.05, 0) is 78.8 Å². The first-order valence-corrected chi connectivity index (χ1v) is 22.9. The molecular formula is C48H56N8O15. The van der Waals surface area contributed by atoms with Gasteiger partial charge in [0, 0.05) is 81.0 Å². The highest BCUT2D eigenvalue weighted by molar-refractivity contribution is 6.15. The van der Waals surface area contributed by atoms with E-state index in [1.54, 1.807) is 47.6 Å². The monoisotopic (exact) mass is 984 g/mol. The first-order chi connectivity index (χ1) is 34.1. The number of aliphatic hydroxyl groups is 3. The number of aliphatic carboxylic acids is 1. The predicted octanol–water partition coefficient (Wildman–Crippen LogP) is 0.651. The molecule has 0 radical (unpaired) electrons. The molecule has 3 aliphatic rings. The van der Waals surface area contributed by atoms with Crippen LogP contribution in [0.2, 0.25) is 0 Å². The Morgan fingerprint density at radius 2 is 1.65 bits per heavy atom. The van der Waals surface area contributed by atoms with Gasteiger partial charge in [-0.25, -0.2) is 9.59 Å². The van der Waals surface area contributed by atoms with Crippen molar-refractivity contribution in [2.45, 2.75) is 81.9 Å². The molecule has 0 aliphatic carbocycles. The van der Waals surface area contributed by atoms with Crippen molar-refractivity contribution in [3.05, 3.63) is 102 Å². The second kappa shape index (κ2) is 25.3. The number of ether oxygens (including phenoxy) is 3. The van der Waals surface area contributed by atoms with Crippen LogP contribution >= 0.6 is 0 Å². The number of nitrogens with zero attached hydrogens (tertiary/aromatic N) is 3.